The first-order valence-electron chi connectivity index (χ1n) is 27.5. The van der Waals surface area contributed by atoms with Gasteiger partial charge in [0.25, 0.3) is 0 Å². The van der Waals surface area contributed by atoms with Gasteiger partial charge in [-0.05, 0) is 44.9 Å². The Morgan fingerprint density at radius 2 is 0.295 bits per heavy atom. The maximum atomic E-state index is 2.32. The van der Waals surface area contributed by atoms with Crippen molar-refractivity contribution in [2.45, 2.75) is 239 Å². The van der Waals surface area contributed by atoms with Gasteiger partial charge in [-0.15, -0.1) is 0 Å². The predicted molar refractivity (Wildman–Crippen MR) is 252 cm³/mol. The summed E-state index contributed by atoms with van der Waals surface area (Å²) in [6.45, 7) is 28.6. The monoisotopic (exact) mass is 1120 g/mol. The van der Waals surface area contributed by atoms with Crippen molar-refractivity contribution in [3.8, 4) is 0 Å². The van der Waals surface area contributed by atoms with E-state index in [0.29, 0.717) is 0 Å². The molecule has 0 spiro atoms. The van der Waals surface area contributed by atoms with Crippen LogP contribution in [-0.2, 0) is 0 Å². The van der Waals surface area contributed by atoms with Gasteiger partial charge < -0.3 is 85.9 Å². The lowest BCUT2D eigenvalue weighted by molar-refractivity contribution is -1.08. The second-order valence-electron chi connectivity index (χ2n) is 21.6. The van der Waals surface area contributed by atoms with Gasteiger partial charge in [-0.2, -0.15) is 0 Å². The summed E-state index contributed by atoms with van der Waals surface area (Å²) in [6, 6.07) is 0. The number of hydrogen-bond acceptors (Lipinski definition) is 0. The summed E-state index contributed by atoms with van der Waals surface area (Å²) in [5.41, 5.74) is 0. The number of quaternary nitrogens is 4. The van der Waals surface area contributed by atoms with Crippen LogP contribution in [0.3, 0.4) is 0 Å². The van der Waals surface area contributed by atoms with Crippen LogP contribution in [0.15, 0.2) is 0 Å². The van der Waals surface area contributed by atoms with Crippen LogP contribution < -0.4 is 67.9 Å². The van der Waals surface area contributed by atoms with Gasteiger partial charge in [-0.25, -0.2) is 0 Å². The minimum absolute atomic E-state index is 0. The summed E-state index contributed by atoms with van der Waals surface area (Å²) in [7, 11) is 0. The summed E-state index contributed by atoms with van der Waals surface area (Å²) in [5, 5.41) is 0. The van der Waals surface area contributed by atoms with E-state index in [1.54, 1.807) is 0 Å². The lowest BCUT2D eigenvalue weighted by Gasteiger charge is -2.56. The SMILES string of the molecule is CCCCCCCCCCCCCCCCCC[N+]12CC[N+](CCCCC[N+]34CC[N+](CCCCCCCCCCCCCCCCCC)(CC3)CC4)(CC1)CC2.[Br-].[Br-].[Br-].[Br-]. The van der Waals surface area contributed by atoms with Crippen LogP contribution in [0.2, 0.25) is 0 Å². The van der Waals surface area contributed by atoms with Crippen molar-refractivity contribution >= 4 is 0 Å². The zero-order valence-corrected chi connectivity index (χ0v) is 47.7. The molecule has 0 atom stereocenters. The molecule has 0 aromatic carbocycles. The Morgan fingerprint density at radius 1 is 0.180 bits per heavy atom. The number of fused-ring (bicyclic) bond motifs is 6. The van der Waals surface area contributed by atoms with Gasteiger partial charge in [-0.3, -0.25) is 0 Å². The molecule has 0 aromatic rings. The molecule has 0 amide bonds. The Bertz CT molecular complexity index is 845. The first kappa shape index (κ1) is 62.8. The van der Waals surface area contributed by atoms with Gasteiger partial charge in [0, 0.05) is 0 Å². The first-order chi connectivity index (χ1) is 28.1. The normalized spacial score (nSPS) is 25.1. The van der Waals surface area contributed by atoms with Gasteiger partial charge in [-0.1, -0.05) is 194 Å². The number of rotatable bonds is 40. The van der Waals surface area contributed by atoms with E-state index in [-0.39, 0.29) is 67.9 Å². The molecule has 61 heavy (non-hydrogen) atoms. The third-order valence-electron chi connectivity index (χ3n) is 17.0. The zero-order valence-electron chi connectivity index (χ0n) is 41.4. The lowest BCUT2D eigenvalue weighted by atomic mass is 10.0. The minimum atomic E-state index is 0. The molecule has 0 saturated carbocycles. The molecule has 368 valence electrons. The second-order valence-corrected chi connectivity index (χ2v) is 21.6. The van der Waals surface area contributed by atoms with E-state index in [2.05, 4.69) is 13.8 Å². The molecule has 0 unspecified atom stereocenters. The Kier molecular flexibility index (Phi) is 39.8. The molecule has 6 rings (SSSR count). The molecule has 0 aromatic heterocycles. The number of nitrogens with zero attached hydrogens (tertiary/aromatic N) is 4. The molecule has 6 heterocycles. The number of hydrogen-bond donors (Lipinski definition) is 0. The highest BCUT2D eigenvalue weighted by Crippen LogP contribution is 2.30. The molecular weight excluding hydrogens is 1010 g/mol. The molecule has 0 aliphatic carbocycles. The summed E-state index contributed by atoms with van der Waals surface area (Å²) >= 11 is 0. The van der Waals surface area contributed by atoms with Crippen molar-refractivity contribution in [1.82, 2.24) is 0 Å². The number of unbranched alkanes of at least 4 members (excludes halogenated alkanes) is 32. The second kappa shape index (κ2) is 38.7. The minimum Gasteiger partial charge on any atom is -1.00 e. The highest BCUT2D eigenvalue weighted by atomic mass is 79.9. The highest BCUT2D eigenvalue weighted by Gasteiger charge is 2.49. The molecule has 4 nitrogen and oxygen atoms in total. The topological polar surface area (TPSA) is 0 Å². The highest BCUT2D eigenvalue weighted by molar-refractivity contribution is 4.66. The van der Waals surface area contributed by atoms with Crippen LogP contribution in [0.4, 0.5) is 0 Å². The molecule has 0 radical (unpaired) electrons. The number of halogens is 4. The molecule has 8 heteroatoms. The first-order valence-corrected chi connectivity index (χ1v) is 27.5. The molecule has 6 saturated heterocycles. The largest absolute Gasteiger partial charge is 1.00 e. The van der Waals surface area contributed by atoms with Crippen molar-refractivity contribution in [1.29, 1.82) is 0 Å². The van der Waals surface area contributed by atoms with Crippen LogP contribution in [0.5, 0.6) is 0 Å². The maximum absolute atomic E-state index is 2.32. The fourth-order valence-electron chi connectivity index (χ4n) is 12.3. The van der Waals surface area contributed by atoms with E-state index < -0.39 is 0 Å². The molecule has 6 aliphatic heterocycles. The van der Waals surface area contributed by atoms with Crippen molar-refractivity contribution in [3.63, 3.8) is 0 Å². The molecule has 0 N–H and O–H groups in total. The van der Waals surface area contributed by atoms with Gasteiger partial charge in [0.15, 0.2) is 0 Å². The Labute approximate surface area is 426 Å². The van der Waals surface area contributed by atoms with Crippen LogP contribution in [-0.4, -0.2) is 123 Å². The van der Waals surface area contributed by atoms with Crippen LogP contribution >= 0.6 is 0 Å². The van der Waals surface area contributed by atoms with E-state index in [0.717, 1.165) is 0 Å². The van der Waals surface area contributed by atoms with Crippen molar-refractivity contribution < 1.29 is 85.9 Å². The van der Waals surface area contributed by atoms with Crippen molar-refractivity contribution in [2.75, 3.05) is 105 Å². The molecule has 6 fully saturated rings. The van der Waals surface area contributed by atoms with E-state index in [1.165, 1.54) is 347 Å². The predicted octanol–water partition coefficient (Wildman–Crippen LogP) is 2.02. The van der Waals surface area contributed by atoms with Crippen LogP contribution in [0, 0.1) is 0 Å². The van der Waals surface area contributed by atoms with Gasteiger partial charge >= 0.3 is 0 Å². The Balaban J connectivity index is 0.00000900. The average molecular weight is 1120 g/mol. The van der Waals surface area contributed by atoms with E-state index in [9.17, 15) is 0 Å². The van der Waals surface area contributed by atoms with Crippen molar-refractivity contribution in [3.05, 3.63) is 0 Å². The Hall–Kier alpha value is 1.76. The fraction of sp³-hybridized carbons (Fsp3) is 1.00. The van der Waals surface area contributed by atoms with E-state index in [1.807, 2.05) is 0 Å². The summed E-state index contributed by atoms with van der Waals surface area (Å²) in [5.74, 6) is 0. The van der Waals surface area contributed by atoms with Gasteiger partial charge in [0.1, 0.15) is 78.5 Å². The smallest absolute Gasteiger partial charge is 0.129 e. The van der Waals surface area contributed by atoms with Gasteiger partial charge in [0.05, 0.1) is 26.2 Å². The summed E-state index contributed by atoms with van der Waals surface area (Å²) in [4.78, 5) is 0. The summed E-state index contributed by atoms with van der Waals surface area (Å²) < 4.78 is 5.99. The van der Waals surface area contributed by atoms with Gasteiger partial charge in [0.2, 0.25) is 0 Å². The quantitative estimate of drug-likeness (QED) is 0.0653. The van der Waals surface area contributed by atoms with E-state index in [4.69, 9.17) is 0 Å². The molecule has 4 bridgehead atoms. The third-order valence-corrected chi connectivity index (χ3v) is 17.0. The Morgan fingerprint density at radius 3 is 0.443 bits per heavy atom. The third kappa shape index (κ3) is 26.2. The average Bonchev–Trinajstić information content (AvgIpc) is 3.24. The zero-order chi connectivity index (χ0) is 40.1. The van der Waals surface area contributed by atoms with E-state index >= 15 is 0 Å². The number of piperazine rings is 6. The molecule has 6 aliphatic rings. The maximum Gasteiger partial charge on any atom is 0.129 e. The van der Waals surface area contributed by atoms with Crippen molar-refractivity contribution in [2.24, 2.45) is 0 Å². The molecular formula is C53H108Br4N4. The van der Waals surface area contributed by atoms with Crippen LogP contribution in [0.25, 0.3) is 0 Å². The fourth-order valence-corrected chi connectivity index (χ4v) is 12.3. The standard InChI is InChI=1S/C53H108N4.4BrH/c1-3-5-7-9-11-13-15-17-19-21-23-25-27-29-31-34-38-54-42-48-56(49-43-54,50-44-54)40-36-33-37-41-57-51-45-55(46-52-57,47-53-57)39-35-32-30-28-26-24-22-20-18-16-14-12-10-8-6-4-2;;;;/h3-53H2,1-2H3;4*1H/q+4;;;;/p-4. The lowest BCUT2D eigenvalue weighted by Crippen LogP contribution is -3.00. The van der Waals surface area contributed by atoms with Crippen LogP contribution in [0.1, 0.15) is 239 Å². The summed E-state index contributed by atoms with van der Waals surface area (Å²) in [6.07, 6.45) is 51.9.